The van der Waals surface area contributed by atoms with Crippen LogP contribution in [0.25, 0.3) is 5.00 Å². The van der Waals surface area contributed by atoms with Crippen LogP contribution in [0.3, 0.4) is 0 Å². The molecule has 9 aliphatic rings. The molecule has 39 nitrogen and oxygen atoms in total. The van der Waals surface area contributed by atoms with Crippen LogP contribution in [0, 0.1) is 80.5 Å². The number of piperidine rings is 1. The predicted molar refractivity (Wildman–Crippen MR) is 506 cm³/mol. The molecule has 6 aromatic rings. The summed E-state index contributed by atoms with van der Waals surface area (Å²) in [6, 6.07) is 17.3. The van der Waals surface area contributed by atoms with E-state index in [4.69, 9.17) is 56.5 Å². The van der Waals surface area contributed by atoms with Crippen LogP contribution >= 0.6 is 22.9 Å². The van der Waals surface area contributed by atoms with E-state index in [1.807, 2.05) is 35.8 Å². The summed E-state index contributed by atoms with van der Waals surface area (Å²) in [7, 11) is 0. The largest absolute Gasteiger partial charge is 0.491 e. The average Bonchev–Trinajstić information content (AvgIpc) is 1.57. The van der Waals surface area contributed by atoms with Gasteiger partial charge in [0.15, 0.2) is 5.82 Å². The van der Waals surface area contributed by atoms with Crippen LogP contribution in [-0.2, 0) is 94.3 Å². The van der Waals surface area contributed by atoms with Gasteiger partial charge in [0.25, 0.3) is 11.8 Å². The van der Waals surface area contributed by atoms with Gasteiger partial charge in [0.2, 0.25) is 65.0 Å². The van der Waals surface area contributed by atoms with Gasteiger partial charge in [-0.15, -0.1) is 33.1 Å². The molecule has 742 valence electrons. The number of carbonyl (C=O) groups excluding carboxylic acids is 14. The Kier molecular flexibility index (Phi) is 36.8. The highest BCUT2D eigenvalue weighted by Gasteiger charge is 2.60. The number of imide groups is 4. The van der Waals surface area contributed by atoms with Gasteiger partial charge in [-0.1, -0.05) is 85.5 Å². The van der Waals surface area contributed by atoms with Gasteiger partial charge >= 0.3 is 5.97 Å². The summed E-state index contributed by atoms with van der Waals surface area (Å²) in [4.78, 5) is 193. The van der Waals surface area contributed by atoms with Crippen molar-refractivity contribution in [2.24, 2.45) is 52.3 Å². The minimum atomic E-state index is -1.13. The molecule has 0 radical (unpaired) electrons. The lowest BCUT2D eigenvalue weighted by molar-refractivity contribution is -0.155. The van der Waals surface area contributed by atoms with Crippen molar-refractivity contribution in [3.05, 3.63) is 152 Å². The molecule has 5 aliphatic heterocycles. The molecule has 0 spiro atoms. The van der Waals surface area contributed by atoms with Crippen LogP contribution in [0.15, 0.2) is 102 Å². The SMILES string of the molecule is C.C#CCN(CCC(=O)NCCO)C(=O)CCCCCN1C(=O)[C@@H]2[C@H](C1=O)[C@H]1C=C[C@@H]2C1.Cc1sc2c(c1C)C(c1ccc(Cl)cc1)=NC(CC(=O)Nc1ccc(OCCOCCO[C@@H](COCCNc3cccc4c3C(=O)N(C3CCC(=O)NC3=O)C4=O)COC(=O)COCCn3cc(CN(CCC(=O)NCCO)C(=O)CCCCCN4C(=O)[C@@H]5[C@H](C4=O)[C@H]4C=C[C@@H]5C4)nn3)cc1)c1nnc(C)n1-2. The number of halogens is 1. The molecular weight excluding hydrogens is 1830 g/mol. The van der Waals surface area contributed by atoms with Crippen molar-refractivity contribution in [1.29, 1.82) is 0 Å². The molecule has 139 heavy (non-hydrogen) atoms. The number of aliphatic hydroxyl groups is 2. The molecule has 3 aromatic carbocycles. The lowest BCUT2D eigenvalue weighted by Gasteiger charge is -2.27. The molecule has 2 saturated carbocycles. The first-order valence-electron chi connectivity index (χ1n) is 47.0. The number of rotatable bonds is 51. The molecule has 8 heterocycles. The molecular formula is C98H120ClN17O22S. The summed E-state index contributed by atoms with van der Waals surface area (Å²) in [5, 5.41) is 50.2. The second-order valence-electron chi connectivity index (χ2n) is 35.3. The number of anilines is 2. The van der Waals surface area contributed by atoms with Gasteiger partial charge in [-0.05, 0) is 143 Å². The monoisotopic (exact) mass is 1950 g/mol. The number of nitrogens with one attached hydrogen (secondary N) is 5. The van der Waals surface area contributed by atoms with E-state index in [9.17, 15) is 72.2 Å². The maximum absolute atomic E-state index is 13.8. The molecule has 2 unspecified atom stereocenters. The molecule has 41 heteroatoms. The number of fused-ring (bicyclic) bond motifs is 14. The highest BCUT2D eigenvalue weighted by Crippen LogP contribution is 2.54. The first kappa shape index (κ1) is 104. The summed E-state index contributed by atoms with van der Waals surface area (Å²) < 4.78 is 38.5. The van der Waals surface area contributed by atoms with E-state index in [1.54, 1.807) is 53.9 Å². The Hall–Kier alpha value is -12.6. The van der Waals surface area contributed by atoms with E-state index in [0.717, 1.165) is 56.4 Å². The number of terminal acetylenes is 1. The molecule has 3 aromatic heterocycles. The third kappa shape index (κ3) is 25.5. The lowest BCUT2D eigenvalue weighted by Crippen LogP contribution is -2.54. The Bertz CT molecular complexity index is 5570. The van der Waals surface area contributed by atoms with Crippen molar-refractivity contribution in [2.75, 3.05) is 136 Å². The molecule has 7 N–H and O–H groups in total. The number of aliphatic imine (C=N–C) groups is 1. The van der Waals surface area contributed by atoms with Gasteiger partial charge in [0, 0.05) is 110 Å². The van der Waals surface area contributed by atoms with Crippen molar-refractivity contribution in [3.8, 4) is 23.1 Å². The predicted octanol–water partition coefficient (Wildman–Crippen LogP) is 6.14. The van der Waals surface area contributed by atoms with Gasteiger partial charge in [-0.25, -0.2) is 9.48 Å². The Morgan fingerprint density at radius 2 is 1.27 bits per heavy atom. The smallest absolute Gasteiger partial charge is 0.332 e. The fraction of sp³-hybridized carbons (Fsp3) is 0.520. The Morgan fingerprint density at radius 3 is 1.88 bits per heavy atom. The van der Waals surface area contributed by atoms with E-state index >= 15 is 0 Å². The van der Waals surface area contributed by atoms with Gasteiger partial charge in [0.1, 0.15) is 60.3 Å². The van der Waals surface area contributed by atoms with E-state index < -0.39 is 54.4 Å². The number of carbonyl (C=O) groups is 14. The first-order valence-corrected chi connectivity index (χ1v) is 48.2. The van der Waals surface area contributed by atoms with Crippen LogP contribution < -0.4 is 31.3 Å². The number of aromatic nitrogens is 6. The van der Waals surface area contributed by atoms with Gasteiger partial charge in [0.05, 0.1) is 126 Å². The number of benzene rings is 3. The number of unbranched alkanes of at least 4 members (excludes halogenated alkanes) is 4. The van der Waals surface area contributed by atoms with E-state index in [2.05, 4.69) is 91.2 Å². The molecule has 4 bridgehead atoms. The van der Waals surface area contributed by atoms with E-state index in [1.165, 1.54) is 30.3 Å². The minimum absolute atomic E-state index is 0. The van der Waals surface area contributed by atoms with Crippen molar-refractivity contribution >= 4 is 123 Å². The number of hydrogen-bond donors (Lipinski definition) is 7. The van der Waals surface area contributed by atoms with Crippen molar-refractivity contribution in [1.82, 2.24) is 70.2 Å². The summed E-state index contributed by atoms with van der Waals surface area (Å²) in [5.41, 5.74) is 5.17. The second-order valence-corrected chi connectivity index (χ2v) is 36.9. The molecule has 4 aliphatic carbocycles. The van der Waals surface area contributed by atoms with Crippen LogP contribution in [0.5, 0.6) is 5.75 Å². The molecule has 15 rings (SSSR count). The number of thiophene rings is 1. The highest BCUT2D eigenvalue weighted by molar-refractivity contribution is 7.15. The van der Waals surface area contributed by atoms with E-state index in [0.29, 0.717) is 91.1 Å². The normalized spacial score (nSPS) is 20.6. The van der Waals surface area contributed by atoms with Gasteiger partial charge in [-0.3, -0.25) is 91.9 Å². The van der Waals surface area contributed by atoms with Crippen LogP contribution in [-0.4, -0.2) is 290 Å². The molecule has 11 atom stereocenters. The first-order chi connectivity index (χ1) is 66.8. The molecule has 13 amide bonds. The topological polar surface area (TPSA) is 485 Å². The standard InChI is InChI=1S/C74H85ClN14O17S.C23H31N3O5.CH4/c1-43-44(2)107-74-63(43)67(46-13-15-49(75)16-14-46)79-56(68-83-81-45(3)88(68)74)37-60(93)78-50-17-19-52(20-18-50)104-34-32-101-33-35-105-53(40-102-30-25-76-55-9-7-8-54-66(55)73(100)89(70(54)97)57-21-22-59(92)80-69(57)96)41-106-62(95)42-103-31-28-86-39-51(82-84-86)38-85(27-23-58(91)77-24-29-90)61(94)10-5-4-6-26-87-71(98)64-47-11-12-48(36-47)65(64)72(87)99;1-2-11-25(13-9-18(28)24-10-14-27)19(29)6-4-3-5-12-26-22(30)20-16-7-8-17(15-16)21(20)23(26)31;/h7-9,11-20,39,47-48,53,56-57,64-65,76,90H,4-6,10,21-38,40-42H2,1-3H3,(H,77,91)(H,78,93)(H,80,92,96);1,7-8,16-17,20-21,27H,3-6,9-15H2,(H,24,28);1H4/t47-,48+,53-,56?,57?,64+,65-;16-,17+,20+,21-;/m0../s1. The number of aryl methyl sites for hydroxylation is 2. The number of nitrogens with zero attached hydrogens (tertiary/aromatic N) is 12. The third-order valence-electron chi connectivity index (χ3n) is 26.1. The molecule has 5 fully saturated rings. The average molecular weight is 1960 g/mol. The number of aliphatic hydroxyl groups excluding tert-OH is 2. The van der Waals surface area contributed by atoms with Gasteiger partial charge < -0.3 is 69.7 Å². The number of ether oxygens (including phenoxy) is 6. The number of esters is 1. The summed E-state index contributed by atoms with van der Waals surface area (Å²) in [5.74, 6) is -0.529. The van der Waals surface area contributed by atoms with Crippen LogP contribution in [0.1, 0.15) is 169 Å². The number of allylic oxidation sites excluding steroid dienone is 4. The number of likely N-dealkylation sites (tertiary alicyclic amines) is 2. The van der Waals surface area contributed by atoms with Crippen molar-refractivity contribution < 1.29 is 106 Å². The van der Waals surface area contributed by atoms with Gasteiger partial charge in [-0.2, -0.15) is 0 Å². The van der Waals surface area contributed by atoms with E-state index in [-0.39, 0.29) is 276 Å². The Balaban J connectivity index is 0.000000431. The zero-order chi connectivity index (χ0) is 97.6. The molecule has 3 saturated heterocycles. The summed E-state index contributed by atoms with van der Waals surface area (Å²) >= 11 is 7.92. The van der Waals surface area contributed by atoms with Crippen LogP contribution in [0.2, 0.25) is 5.02 Å². The maximum Gasteiger partial charge on any atom is 0.332 e. The third-order valence-corrected chi connectivity index (χ3v) is 27.5. The van der Waals surface area contributed by atoms with Crippen molar-refractivity contribution in [2.45, 2.75) is 156 Å². The fourth-order valence-electron chi connectivity index (χ4n) is 19.2. The van der Waals surface area contributed by atoms with Crippen molar-refractivity contribution in [3.63, 3.8) is 0 Å². The number of hydrogen-bond acceptors (Lipinski definition) is 29. The Labute approximate surface area is 813 Å². The zero-order valence-electron chi connectivity index (χ0n) is 77.3. The quantitative estimate of drug-likeness (QED) is 0.00741. The zero-order valence-corrected chi connectivity index (χ0v) is 78.9. The van der Waals surface area contributed by atoms with Crippen LogP contribution in [0.4, 0.5) is 11.4 Å². The second kappa shape index (κ2) is 49.3. The maximum atomic E-state index is 13.8. The fourth-order valence-corrected chi connectivity index (χ4v) is 20.5. The Morgan fingerprint density at radius 1 is 0.647 bits per heavy atom. The summed E-state index contributed by atoms with van der Waals surface area (Å²) in [6.45, 7) is 7.35. The highest BCUT2D eigenvalue weighted by atomic mass is 35.5. The lowest BCUT2D eigenvalue weighted by atomic mass is 9.85. The summed E-state index contributed by atoms with van der Waals surface area (Å²) in [6.07, 6.45) is 20.5. The minimum Gasteiger partial charge on any atom is -0.491 e. The number of amides is 13.